The van der Waals surface area contributed by atoms with Gasteiger partial charge in [-0.05, 0) is 30.2 Å². The van der Waals surface area contributed by atoms with Crippen molar-refractivity contribution in [1.82, 2.24) is 5.32 Å². The molecule has 1 atom stereocenters. The zero-order valence-electron chi connectivity index (χ0n) is 16.9. The van der Waals surface area contributed by atoms with Gasteiger partial charge in [-0.2, -0.15) is 0 Å². The third-order valence-corrected chi connectivity index (χ3v) is 3.91. The molecule has 3 rings (SSSR count). The maximum absolute atomic E-state index is 12.0. The Morgan fingerprint density at radius 1 is 1.14 bits per heavy atom. The fraction of sp³-hybridized carbons (Fsp3) is 0.550. The number of carbonyl (C=O) groups is 3. The van der Waals surface area contributed by atoms with E-state index in [1.54, 1.807) is 29.2 Å². The molecule has 0 bridgehead atoms. The molecule has 0 aromatic heterocycles. The van der Waals surface area contributed by atoms with Crippen LogP contribution in [0.15, 0.2) is 24.3 Å². The maximum atomic E-state index is 12.0. The van der Waals surface area contributed by atoms with Crippen LogP contribution >= 0.6 is 0 Å². The Bertz CT molecular complexity index is 687. The van der Waals surface area contributed by atoms with Crippen molar-refractivity contribution in [3.8, 4) is 0 Å². The summed E-state index contributed by atoms with van der Waals surface area (Å²) in [4.78, 5) is 37.9. The molecule has 28 heavy (non-hydrogen) atoms. The molecule has 2 aliphatic rings. The van der Waals surface area contributed by atoms with Crippen LogP contribution in [-0.4, -0.2) is 56.9 Å². The van der Waals surface area contributed by atoms with Crippen molar-refractivity contribution in [3.63, 3.8) is 0 Å². The van der Waals surface area contributed by atoms with Gasteiger partial charge in [0, 0.05) is 24.8 Å². The lowest BCUT2D eigenvalue weighted by molar-refractivity contribution is -0.125. The SMILES string of the molecule is CC(=O)NC[C@H]1CN(c2ccc(N3CCOCC3=O)cc2)C(=O)O1.CC(C)C. The molecule has 0 unspecified atom stereocenters. The van der Waals surface area contributed by atoms with Crippen LogP contribution in [0.1, 0.15) is 27.7 Å². The van der Waals surface area contributed by atoms with E-state index < -0.39 is 6.09 Å². The Morgan fingerprint density at radius 2 is 1.71 bits per heavy atom. The summed E-state index contributed by atoms with van der Waals surface area (Å²) in [5.74, 6) is 0.592. The summed E-state index contributed by atoms with van der Waals surface area (Å²) in [5, 5.41) is 2.64. The zero-order valence-corrected chi connectivity index (χ0v) is 16.9. The first kappa shape index (κ1) is 21.7. The number of carbonyl (C=O) groups excluding carboxylic acids is 3. The van der Waals surface area contributed by atoms with E-state index in [9.17, 15) is 14.4 Å². The minimum absolute atomic E-state index is 0.0787. The quantitative estimate of drug-likeness (QED) is 0.850. The van der Waals surface area contributed by atoms with E-state index >= 15 is 0 Å². The number of amides is 3. The fourth-order valence-corrected chi connectivity index (χ4v) is 2.70. The molecule has 0 saturated carbocycles. The van der Waals surface area contributed by atoms with Gasteiger partial charge in [-0.25, -0.2) is 4.79 Å². The van der Waals surface area contributed by atoms with Crippen LogP contribution in [0.3, 0.4) is 0 Å². The summed E-state index contributed by atoms with van der Waals surface area (Å²) in [6.45, 7) is 9.69. The summed E-state index contributed by atoms with van der Waals surface area (Å²) in [7, 11) is 0. The number of rotatable bonds is 4. The lowest BCUT2D eigenvalue weighted by Gasteiger charge is -2.27. The number of ether oxygens (including phenoxy) is 2. The van der Waals surface area contributed by atoms with Crippen LogP contribution < -0.4 is 15.1 Å². The van der Waals surface area contributed by atoms with E-state index in [1.165, 1.54) is 11.8 Å². The average molecular weight is 391 g/mol. The normalized spacial score (nSPS) is 19.2. The minimum atomic E-state index is -0.444. The highest BCUT2D eigenvalue weighted by Crippen LogP contribution is 2.25. The van der Waals surface area contributed by atoms with Crippen LogP contribution in [0, 0.1) is 5.92 Å². The Morgan fingerprint density at radius 3 is 2.25 bits per heavy atom. The smallest absolute Gasteiger partial charge is 0.414 e. The molecule has 154 valence electrons. The Kier molecular flexibility index (Phi) is 7.80. The monoisotopic (exact) mass is 391 g/mol. The Labute approximate surface area is 165 Å². The fourth-order valence-electron chi connectivity index (χ4n) is 2.70. The molecule has 8 nitrogen and oxygen atoms in total. The average Bonchev–Trinajstić information content (AvgIpc) is 3.01. The zero-order chi connectivity index (χ0) is 20.7. The minimum Gasteiger partial charge on any atom is -0.442 e. The Balaban J connectivity index is 0.000000640. The number of hydrogen-bond acceptors (Lipinski definition) is 5. The summed E-state index contributed by atoms with van der Waals surface area (Å²) in [6, 6.07) is 7.15. The second-order valence-electron chi connectivity index (χ2n) is 7.40. The molecule has 0 aliphatic carbocycles. The van der Waals surface area contributed by atoms with E-state index in [1.807, 2.05) is 0 Å². The Hall–Kier alpha value is -2.61. The molecule has 1 aromatic carbocycles. The molecule has 1 N–H and O–H groups in total. The van der Waals surface area contributed by atoms with E-state index in [2.05, 4.69) is 26.1 Å². The van der Waals surface area contributed by atoms with Crippen molar-refractivity contribution in [2.75, 3.05) is 42.6 Å². The van der Waals surface area contributed by atoms with Crippen LogP contribution in [0.4, 0.5) is 16.2 Å². The van der Waals surface area contributed by atoms with Gasteiger partial charge in [-0.15, -0.1) is 0 Å². The number of benzene rings is 1. The molecule has 2 fully saturated rings. The molecule has 2 saturated heterocycles. The van der Waals surface area contributed by atoms with Crippen LogP contribution in [0.2, 0.25) is 0 Å². The lowest BCUT2D eigenvalue weighted by Crippen LogP contribution is -2.41. The van der Waals surface area contributed by atoms with E-state index in [0.717, 1.165) is 11.6 Å². The molecular formula is C20H29N3O5. The molecule has 0 spiro atoms. The standard InChI is InChI=1S/C16H19N3O5.C4H10/c1-11(20)17-8-14-9-19(16(22)24-14)13-4-2-12(3-5-13)18-6-7-23-10-15(18)21;1-4(2)3/h2-5,14H,6-10H2,1H3,(H,17,20);4H,1-3H3/t14-;/m0./s1. The van der Waals surface area contributed by atoms with Crippen molar-refractivity contribution in [1.29, 1.82) is 0 Å². The number of cyclic esters (lactones) is 1. The van der Waals surface area contributed by atoms with Crippen LogP contribution in [0.5, 0.6) is 0 Å². The number of nitrogens with one attached hydrogen (secondary N) is 1. The molecule has 8 heteroatoms. The van der Waals surface area contributed by atoms with Gasteiger partial charge in [0.1, 0.15) is 12.7 Å². The summed E-state index contributed by atoms with van der Waals surface area (Å²) >= 11 is 0. The highest BCUT2D eigenvalue weighted by Gasteiger charge is 2.32. The maximum Gasteiger partial charge on any atom is 0.414 e. The molecular weight excluding hydrogens is 362 g/mol. The van der Waals surface area contributed by atoms with Gasteiger partial charge in [0.15, 0.2) is 0 Å². The van der Waals surface area contributed by atoms with E-state index in [-0.39, 0.29) is 31.1 Å². The molecule has 3 amide bonds. The highest BCUT2D eigenvalue weighted by molar-refractivity contribution is 5.95. The van der Waals surface area contributed by atoms with Gasteiger partial charge in [0.25, 0.3) is 5.91 Å². The first-order valence-electron chi connectivity index (χ1n) is 9.48. The van der Waals surface area contributed by atoms with Gasteiger partial charge < -0.3 is 19.7 Å². The van der Waals surface area contributed by atoms with Gasteiger partial charge in [0.2, 0.25) is 5.91 Å². The van der Waals surface area contributed by atoms with Gasteiger partial charge in [-0.1, -0.05) is 20.8 Å². The third-order valence-electron chi connectivity index (χ3n) is 3.91. The molecule has 2 heterocycles. The van der Waals surface area contributed by atoms with Crippen molar-refractivity contribution >= 4 is 29.3 Å². The van der Waals surface area contributed by atoms with Crippen molar-refractivity contribution in [3.05, 3.63) is 24.3 Å². The number of morpholine rings is 1. The highest BCUT2D eigenvalue weighted by atomic mass is 16.6. The van der Waals surface area contributed by atoms with Crippen molar-refractivity contribution in [2.24, 2.45) is 5.92 Å². The summed E-state index contributed by atoms with van der Waals surface area (Å²) < 4.78 is 10.3. The van der Waals surface area contributed by atoms with Crippen LogP contribution in [0.25, 0.3) is 0 Å². The first-order valence-corrected chi connectivity index (χ1v) is 9.48. The molecule has 1 aromatic rings. The molecule has 0 radical (unpaired) electrons. The predicted molar refractivity (Wildman–Crippen MR) is 106 cm³/mol. The second kappa shape index (κ2) is 10.1. The number of anilines is 2. The second-order valence-corrected chi connectivity index (χ2v) is 7.40. The van der Waals surface area contributed by atoms with Crippen LogP contribution in [-0.2, 0) is 19.1 Å². The number of hydrogen-bond donors (Lipinski definition) is 1. The lowest BCUT2D eigenvalue weighted by atomic mass is 10.2. The van der Waals surface area contributed by atoms with E-state index in [0.29, 0.717) is 25.4 Å². The topological polar surface area (TPSA) is 88.2 Å². The first-order chi connectivity index (χ1) is 13.3. The van der Waals surface area contributed by atoms with Gasteiger partial charge in [-0.3, -0.25) is 14.5 Å². The van der Waals surface area contributed by atoms with Gasteiger partial charge >= 0.3 is 6.09 Å². The number of nitrogens with zero attached hydrogens (tertiary/aromatic N) is 2. The van der Waals surface area contributed by atoms with Gasteiger partial charge in [0.05, 0.1) is 19.7 Å². The van der Waals surface area contributed by atoms with Crippen molar-refractivity contribution in [2.45, 2.75) is 33.8 Å². The summed E-state index contributed by atoms with van der Waals surface area (Å²) in [5.41, 5.74) is 1.46. The molecule has 2 aliphatic heterocycles. The van der Waals surface area contributed by atoms with Crippen molar-refractivity contribution < 1.29 is 23.9 Å². The summed E-state index contributed by atoms with van der Waals surface area (Å²) in [6.07, 6.45) is -0.817. The predicted octanol–water partition coefficient (Wildman–Crippen LogP) is 2.17. The van der Waals surface area contributed by atoms with E-state index in [4.69, 9.17) is 9.47 Å². The third kappa shape index (κ3) is 6.23. The largest absolute Gasteiger partial charge is 0.442 e.